The molecular weight excluding hydrogens is 366 g/mol. The average Bonchev–Trinajstić information content (AvgIpc) is 3.42. The van der Waals surface area contributed by atoms with E-state index >= 15 is 0 Å². The molecule has 1 unspecified atom stereocenters. The fourth-order valence-electron chi connectivity index (χ4n) is 4.00. The van der Waals surface area contributed by atoms with Gasteiger partial charge in [-0.3, -0.25) is 19.4 Å². The van der Waals surface area contributed by atoms with Crippen LogP contribution in [0.5, 0.6) is 0 Å². The fourth-order valence-corrected chi connectivity index (χ4v) is 4.00. The molecule has 2 aliphatic rings. The third-order valence-corrected chi connectivity index (χ3v) is 5.32. The van der Waals surface area contributed by atoms with Crippen molar-refractivity contribution in [1.82, 2.24) is 24.8 Å². The number of imidazole rings is 1. The lowest BCUT2D eigenvalue weighted by atomic mass is 10.2. The lowest BCUT2D eigenvalue weighted by Gasteiger charge is -2.41. The van der Waals surface area contributed by atoms with E-state index in [2.05, 4.69) is 36.8 Å². The smallest absolute Gasteiger partial charge is 0.216 e. The highest BCUT2D eigenvalue weighted by molar-refractivity contribution is 5.98. The normalized spacial score (nSPS) is 18.8. The molecule has 144 valence electrons. The van der Waals surface area contributed by atoms with Gasteiger partial charge in [-0.1, -0.05) is 18.2 Å². The van der Waals surface area contributed by atoms with E-state index in [9.17, 15) is 0 Å². The molecule has 8 nitrogen and oxygen atoms in total. The van der Waals surface area contributed by atoms with Crippen LogP contribution in [0.3, 0.4) is 0 Å². The molecule has 0 saturated heterocycles. The monoisotopic (exact) mass is 385 g/mol. The highest BCUT2D eigenvalue weighted by Crippen LogP contribution is 2.33. The number of para-hydroxylation sites is 2. The van der Waals surface area contributed by atoms with Gasteiger partial charge in [-0.2, -0.15) is 0 Å². The molecule has 0 aliphatic carbocycles. The summed E-state index contributed by atoms with van der Waals surface area (Å²) < 4.78 is 7.74. The van der Waals surface area contributed by atoms with Gasteiger partial charge in [0, 0.05) is 18.0 Å². The van der Waals surface area contributed by atoms with E-state index in [1.807, 2.05) is 42.6 Å². The van der Waals surface area contributed by atoms with E-state index in [1.54, 1.807) is 12.5 Å². The Hall–Kier alpha value is -3.65. The van der Waals surface area contributed by atoms with Gasteiger partial charge in [0.1, 0.15) is 11.9 Å². The van der Waals surface area contributed by atoms with Gasteiger partial charge < -0.3 is 9.73 Å². The summed E-state index contributed by atoms with van der Waals surface area (Å²) in [6.07, 6.45) is 5.26. The van der Waals surface area contributed by atoms with E-state index < -0.39 is 0 Å². The lowest BCUT2D eigenvalue weighted by molar-refractivity contribution is 0.243. The SMILES string of the molecule is c1cncc(C2NC3=NCN(Cc4ccco4)CN3c3nc4ccccc4n32)c1. The minimum absolute atomic E-state index is 0.113. The van der Waals surface area contributed by atoms with Crippen molar-refractivity contribution in [2.45, 2.75) is 12.7 Å². The predicted molar refractivity (Wildman–Crippen MR) is 109 cm³/mol. The number of aromatic nitrogens is 3. The zero-order valence-electron chi connectivity index (χ0n) is 15.6. The first-order valence-electron chi connectivity index (χ1n) is 9.57. The van der Waals surface area contributed by atoms with Crippen LogP contribution in [0.4, 0.5) is 5.95 Å². The summed E-state index contributed by atoms with van der Waals surface area (Å²) in [5.74, 6) is 2.63. The first-order valence-corrected chi connectivity index (χ1v) is 9.57. The summed E-state index contributed by atoms with van der Waals surface area (Å²) in [5, 5.41) is 3.59. The molecule has 0 amide bonds. The van der Waals surface area contributed by atoms with Crippen molar-refractivity contribution in [2.75, 3.05) is 18.2 Å². The van der Waals surface area contributed by atoms with Crippen molar-refractivity contribution in [3.05, 3.63) is 78.5 Å². The zero-order chi connectivity index (χ0) is 19.2. The Balaban J connectivity index is 1.44. The molecule has 5 heterocycles. The molecule has 4 aromatic rings. The number of aliphatic imine (C=N–C) groups is 1. The van der Waals surface area contributed by atoms with Crippen molar-refractivity contribution in [2.24, 2.45) is 4.99 Å². The van der Waals surface area contributed by atoms with Gasteiger partial charge in [-0.25, -0.2) is 9.98 Å². The molecular formula is C21H19N7O. The second kappa shape index (κ2) is 6.46. The number of fused-ring (bicyclic) bond motifs is 5. The fraction of sp³-hybridized carbons (Fsp3) is 0.190. The molecule has 0 radical (unpaired) electrons. The van der Waals surface area contributed by atoms with Crippen LogP contribution in [0.25, 0.3) is 11.0 Å². The number of hydrogen-bond acceptors (Lipinski definition) is 7. The number of pyridine rings is 1. The molecule has 29 heavy (non-hydrogen) atoms. The molecule has 2 aliphatic heterocycles. The Morgan fingerprint density at radius 2 is 2.07 bits per heavy atom. The highest BCUT2D eigenvalue weighted by Gasteiger charge is 2.35. The van der Waals surface area contributed by atoms with Gasteiger partial charge in [0.15, 0.2) is 0 Å². The first-order chi connectivity index (χ1) is 14.4. The molecule has 1 atom stereocenters. The summed E-state index contributed by atoms with van der Waals surface area (Å²) in [7, 11) is 0. The summed E-state index contributed by atoms with van der Waals surface area (Å²) in [6, 6.07) is 16.1. The number of anilines is 1. The van der Waals surface area contributed by atoms with Gasteiger partial charge >= 0.3 is 0 Å². The quantitative estimate of drug-likeness (QED) is 0.585. The van der Waals surface area contributed by atoms with Gasteiger partial charge in [-0.15, -0.1) is 0 Å². The Kier molecular flexibility index (Phi) is 3.63. The van der Waals surface area contributed by atoms with Gasteiger partial charge in [0.2, 0.25) is 11.9 Å². The number of guanidine groups is 1. The Bertz CT molecular complexity index is 1180. The molecule has 8 heteroatoms. The van der Waals surface area contributed by atoms with Crippen LogP contribution in [-0.4, -0.2) is 38.7 Å². The second-order valence-corrected chi connectivity index (χ2v) is 7.20. The van der Waals surface area contributed by atoms with Crippen LogP contribution < -0.4 is 10.2 Å². The maximum Gasteiger partial charge on any atom is 0.216 e. The minimum Gasteiger partial charge on any atom is -0.468 e. The van der Waals surface area contributed by atoms with Crippen LogP contribution in [0, 0.1) is 0 Å². The second-order valence-electron chi connectivity index (χ2n) is 7.20. The van der Waals surface area contributed by atoms with E-state index in [-0.39, 0.29) is 6.17 Å². The Labute approximate surface area is 167 Å². The first kappa shape index (κ1) is 16.3. The number of furan rings is 1. The van der Waals surface area contributed by atoms with Crippen molar-refractivity contribution >= 4 is 22.9 Å². The number of hydrogen-bond donors (Lipinski definition) is 1. The van der Waals surface area contributed by atoms with E-state index in [4.69, 9.17) is 14.4 Å². The molecule has 0 spiro atoms. The summed E-state index contributed by atoms with van der Waals surface area (Å²) >= 11 is 0. The van der Waals surface area contributed by atoms with Crippen LogP contribution in [0.15, 0.2) is 76.6 Å². The number of rotatable bonds is 3. The van der Waals surface area contributed by atoms with E-state index in [1.165, 1.54) is 0 Å². The van der Waals surface area contributed by atoms with Crippen LogP contribution in [0.2, 0.25) is 0 Å². The van der Waals surface area contributed by atoms with Crippen molar-refractivity contribution < 1.29 is 4.42 Å². The average molecular weight is 385 g/mol. The van der Waals surface area contributed by atoms with E-state index in [0.717, 1.165) is 34.3 Å². The van der Waals surface area contributed by atoms with Crippen molar-refractivity contribution in [1.29, 1.82) is 0 Å². The van der Waals surface area contributed by atoms with Crippen LogP contribution >= 0.6 is 0 Å². The minimum atomic E-state index is -0.113. The Morgan fingerprint density at radius 1 is 1.10 bits per heavy atom. The molecule has 3 aromatic heterocycles. The number of nitrogens with one attached hydrogen (secondary N) is 1. The van der Waals surface area contributed by atoms with Crippen molar-refractivity contribution in [3.63, 3.8) is 0 Å². The maximum atomic E-state index is 5.51. The van der Waals surface area contributed by atoms with Gasteiger partial charge in [0.05, 0.1) is 37.2 Å². The molecule has 1 N–H and O–H groups in total. The summed E-state index contributed by atoms with van der Waals surface area (Å²) in [5.41, 5.74) is 3.10. The Morgan fingerprint density at radius 3 is 2.93 bits per heavy atom. The molecule has 6 rings (SSSR count). The van der Waals surface area contributed by atoms with Crippen LogP contribution in [-0.2, 0) is 6.54 Å². The standard InChI is InChI=1S/C21H19N7O/c1-2-8-18-17(7-1)24-21-27-14-26(12-16-6-4-10-29-16)13-23-20(27)25-19(28(18)21)15-5-3-9-22-11-15/h1-11,19H,12-14H2,(H,23,25). The predicted octanol–water partition coefficient (Wildman–Crippen LogP) is 2.77. The zero-order valence-corrected chi connectivity index (χ0v) is 15.6. The number of nitrogens with zero attached hydrogens (tertiary/aromatic N) is 6. The molecule has 1 aromatic carbocycles. The largest absolute Gasteiger partial charge is 0.468 e. The van der Waals surface area contributed by atoms with Crippen molar-refractivity contribution in [3.8, 4) is 0 Å². The highest BCUT2D eigenvalue weighted by atomic mass is 16.3. The summed E-state index contributed by atoms with van der Waals surface area (Å²) in [6.45, 7) is 1.97. The van der Waals surface area contributed by atoms with E-state index in [0.29, 0.717) is 19.9 Å². The third kappa shape index (κ3) is 2.68. The topological polar surface area (TPSA) is 74.7 Å². The van der Waals surface area contributed by atoms with Gasteiger partial charge in [-0.05, 0) is 30.3 Å². The molecule has 0 saturated carbocycles. The molecule has 0 bridgehead atoms. The lowest BCUT2D eigenvalue weighted by Crippen LogP contribution is -2.57. The molecule has 0 fully saturated rings. The number of benzene rings is 1. The van der Waals surface area contributed by atoms with Gasteiger partial charge in [0.25, 0.3) is 0 Å². The maximum absolute atomic E-state index is 5.51. The summed E-state index contributed by atoms with van der Waals surface area (Å²) in [4.78, 5) is 18.4. The van der Waals surface area contributed by atoms with Crippen LogP contribution in [0.1, 0.15) is 17.5 Å². The third-order valence-electron chi connectivity index (χ3n) is 5.32.